The number of carbonyl (C=O) groups is 1. The number of para-hydroxylation sites is 1. The number of rotatable bonds is 7. The van der Waals surface area contributed by atoms with Gasteiger partial charge in [-0.25, -0.2) is 4.99 Å². The van der Waals surface area contributed by atoms with Crippen LogP contribution in [0.5, 0.6) is 11.5 Å². The molecule has 0 radical (unpaired) electrons. The summed E-state index contributed by atoms with van der Waals surface area (Å²) >= 11 is 3.88. The van der Waals surface area contributed by atoms with Gasteiger partial charge in [-0.3, -0.25) is 4.79 Å². The lowest BCUT2D eigenvalue weighted by atomic mass is 9.95. The molecule has 0 fully saturated rings. The number of hydrogen-bond donors (Lipinski definition) is 1. The van der Waals surface area contributed by atoms with E-state index < -0.39 is 0 Å². The summed E-state index contributed by atoms with van der Waals surface area (Å²) in [6.07, 6.45) is 6.05. The van der Waals surface area contributed by atoms with Crippen LogP contribution >= 0.6 is 33.9 Å². The van der Waals surface area contributed by atoms with E-state index in [4.69, 9.17) is 14.5 Å². The topological polar surface area (TPSA) is 59.9 Å². The number of fused-ring (bicyclic) bond motifs is 1. The molecule has 1 aliphatic rings. The van der Waals surface area contributed by atoms with Gasteiger partial charge in [-0.15, -0.1) is 11.3 Å². The van der Waals surface area contributed by atoms with Crippen molar-refractivity contribution < 1.29 is 14.3 Å². The minimum atomic E-state index is -0.0967. The maximum Gasteiger partial charge on any atom is 0.259 e. The van der Waals surface area contributed by atoms with Crippen LogP contribution in [0.2, 0.25) is 0 Å². The van der Waals surface area contributed by atoms with Gasteiger partial charge >= 0.3 is 0 Å². The Morgan fingerprint density at radius 1 is 1.18 bits per heavy atom. The zero-order valence-corrected chi connectivity index (χ0v) is 22.0. The fourth-order valence-electron chi connectivity index (χ4n) is 3.89. The van der Waals surface area contributed by atoms with Gasteiger partial charge in [0.2, 0.25) is 0 Å². The molecule has 0 saturated carbocycles. The van der Waals surface area contributed by atoms with Gasteiger partial charge in [-0.2, -0.15) is 0 Å². The van der Waals surface area contributed by atoms with Crippen molar-refractivity contribution >= 4 is 56.7 Å². The van der Waals surface area contributed by atoms with Crippen LogP contribution in [0.15, 0.2) is 47.5 Å². The van der Waals surface area contributed by atoms with Crippen molar-refractivity contribution in [2.45, 2.75) is 45.6 Å². The summed E-state index contributed by atoms with van der Waals surface area (Å²) < 4.78 is 12.4. The highest BCUT2D eigenvalue weighted by Gasteiger charge is 2.25. The fourth-order valence-corrected chi connectivity index (χ4v) is 5.87. The largest absolute Gasteiger partial charge is 0.493 e. The Balaban J connectivity index is 1.67. The molecule has 0 spiro atoms. The van der Waals surface area contributed by atoms with E-state index >= 15 is 0 Å². The Bertz CT molecular complexity index is 1170. The van der Waals surface area contributed by atoms with Gasteiger partial charge in [0.05, 0.1) is 22.3 Å². The number of aliphatic imine (C=N–C) groups is 1. The molecule has 33 heavy (non-hydrogen) atoms. The van der Waals surface area contributed by atoms with E-state index in [1.165, 1.54) is 4.88 Å². The van der Waals surface area contributed by atoms with E-state index in [1.807, 2.05) is 56.3 Å². The molecule has 0 atom stereocenters. The molecular formula is C26H27IN2O3S. The highest BCUT2D eigenvalue weighted by molar-refractivity contribution is 14.1. The molecule has 1 amide bonds. The van der Waals surface area contributed by atoms with Crippen molar-refractivity contribution in [2.24, 2.45) is 4.99 Å². The van der Waals surface area contributed by atoms with Gasteiger partial charge in [-0.05, 0) is 97.5 Å². The predicted molar refractivity (Wildman–Crippen MR) is 144 cm³/mol. The zero-order chi connectivity index (χ0) is 23.4. The fraction of sp³-hybridized carbons (Fsp3) is 0.308. The van der Waals surface area contributed by atoms with E-state index in [0.717, 1.165) is 56.8 Å². The number of methoxy groups -OCH3 is 1. The SMILES string of the molecule is COc1cc(/C=N\c2sc3c(c2C(=O)Nc2ccccc2)CCCC3)cc(I)c1OC(C)C. The Morgan fingerprint density at radius 2 is 1.94 bits per heavy atom. The van der Waals surface area contributed by atoms with Crippen LogP contribution < -0.4 is 14.8 Å². The first-order valence-electron chi connectivity index (χ1n) is 11.1. The standard InChI is InChI=1S/C26H27IN2O3S/c1-16(2)32-24-20(27)13-17(14-21(24)31-3)15-28-26-23(19-11-7-8-12-22(19)33-26)25(30)29-18-9-5-4-6-10-18/h4-6,9-10,13-16H,7-8,11-12H2,1-3H3,(H,29,30)/b28-15-. The normalized spacial score (nSPS) is 13.2. The van der Waals surface area contributed by atoms with Crippen molar-refractivity contribution in [3.05, 3.63) is 67.6 Å². The average Bonchev–Trinajstić information content (AvgIpc) is 3.18. The molecule has 2 aromatic carbocycles. The first kappa shape index (κ1) is 23.8. The van der Waals surface area contributed by atoms with E-state index in [9.17, 15) is 4.79 Å². The van der Waals surface area contributed by atoms with Crippen LogP contribution in [0.1, 0.15) is 53.1 Å². The molecule has 1 N–H and O–H groups in total. The molecule has 3 aromatic rings. The summed E-state index contributed by atoms with van der Waals surface area (Å²) in [6, 6.07) is 13.5. The van der Waals surface area contributed by atoms with Gasteiger partial charge < -0.3 is 14.8 Å². The Labute approximate surface area is 212 Å². The number of nitrogens with one attached hydrogen (secondary N) is 1. The van der Waals surface area contributed by atoms with Crippen LogP contribution in [0.3, 0.4) is 0 Å². The van der Waals surface area contributed by atoms with Crippen LogP contribution in [-0.4, -0.2) is 25.3 Å². The Hall–Kier alpha value is -2.39. The zero-order valence-electron chi connectivity index (χ0n) is 19.0. The highest BCUT2D eigenvalue weighted by Crippen LogP contribution is 2.40. The van der Waals surface area contributed by atoms with E-state index in [0.29, 0.717) is 11.3 Å². The summed E-state index contributed by atoms with van der Waals surface area (Å²) in [7, 11) is 1.64. The molecule has 0 unspecified atom stereocenters. The molecule has 1 heterocycles. The molecule has 1 aliphatic carbocycles. The maximum absolute atomic E-state index is 13.3. The minimum absolute atomic E-state index is 0.0510. The second-order valence-electron chi connectivity index (χ2n) is 8.17. The summed E-state index contributed by atoms with van der Waals surface area (Å²) in [6.45, 7) is 3.98. The minimum Gasteiger partial charge on any atom is -0.493 e. The van der Waals surface area contributed by atoms with Crippen LogP contribution in [0, 0.1) is 3.57 Å². The van der Waals surface area contributed by atoms with Gasteiger partial charge in [0, 0.05) is 16.8 Å². The van der Waals surface area contributed by atoms with Crippen LogP contribution in [-0.2, 0) is 12.8 Å². The second-order valence-corrected chi connectivity index (χ2v) is 10.4. The second kappa shape index (κ2) is 10.7. The molecule has 0 saturated heterocycles. The summed E-state index contributed by atoms with van der Waals surface area (Å²) in [5.74, 6) is 1.31. The summed E-state index contributed by atoms with van der Waals surface area (Å²) in [5.41, 5.74) is 3.54. The summed E-state index contributed by atoms with van der Waals surface area (Å²) in [5, 5.41) is 3.80. The third-order valence-electron chi connectivity index (χ3n) is 5.35. The first-order valence-corrected chi connectivity index (χ1v) is 12.9. The van der Waals surface area contributed by atoms with Crippen molar-refractivity contribution in [1.82, 2.24) is 0 Å². The lowest BCUT2D eigenvalue weighted by Gasteiger charge is -2.15. The van der Waals surface area contributed by atoms with Crippen molar-refractivity contribution in [3.63, 3.8) is 0 Å². The summed E-state index contributed by atoms with van der Waals surface area (Å²) in [4.78, 5) is 19.3. The van der Waals surface area contributed by atoms with Crippen molar-refractivity contribution in [2.75, 3.05) is 12.4 Å². The number of ether oxygens (including phenoxy) is 2. The highest BCUT2D eigenvalue weighted by atomic mass is 127. The number of amides is 1. The number of hydrogen-bond acceptors (Lipinski definition) is 5. The van der Waals surface area contributed by atoms with Crippen molar-refractivity contribution in [1.29, 1.82) is 0 Å². The number of halogens is 1. The Kier molecular flexibility index (Phi) is 7.70. The number of benzene rings is 2. The molecule has 4 rings (SSSR count). The molecule has 0 aliphatic heterocycles. The molecular weight excluding hydrogens is 547 g/mol. The predicted octanol–water partition coefficient (Wildman–Crippen LogP) is 7.03. The average molecular weight is 574 g/mol. The van der Waals surface area contributed by atoms with E-state index in [-0.39, 0.29) is 12.0 Å². The van der Waals surface area contributed by atoms with Gasteiger partial charge in [0.1, 0.15) is 5.00 Å². The van der Waals surface area contributed by atoms with E-state index in [2.05, 4.69) is 27.9 Å². The Morgan fingerprint density at radius 3 is 2.67 bits per heavy atom. The van der Waals surface area contributed by atoms with Crippen LogP contribution in [0.25, 0.3) is 0 Å². The van der Waals surface area contributed by atoms with Gasteiger partial charge in [-0.1, -0.05) is 18.2 Å². The van der Waals surface area contributed by atoms with Crippen LogP contribution in [0.4, 0.5) is 10.7 Å². The molecule has 0 bridgehead atoms. The molecule has 7 heteroatoms. The first-order chi connectivity index (χ1) is 16.0. The third kappa shape index (κ3) is 5.58. The monoisotopic (exact) mass is 574 g/mol. The number of anilines is 1. The lowest BCUT2D eigenvalue weighted by Crippen LogP contribution is -2.14. The quantitative estimate of drug-likeness (QED) is 0.244. The third-order valence-corrected chi connectivity index (χ3v) is 7.35. The maximum atomic E-state index is 13.3. The molecule has 1 aromatic heterocycles. The number of nitrogens with zero attached hydrogens (tertiary/aromatic N) is 1. The smallest absolute Gasteiger partial charge is 0.259 e. The van der Waals surface area contributed by atoms with Gasteiger partial charge in [0.15, 0.2) is 11.5 Å². The van der Waals surface area contributed by atoms with Gasteiger partial charge in [0.25, 0.3) is 5.91 Å². The van der Waals surface area contributed by atoms with E-state index in [1.54, 1.807) is 24.7 Å². The number of thiophene rings is 1. The lowest BCUT2D eigenvalue weighted by molar-refractivity contribution is 0.102. The van der Waals surface area contributed by atoms with Crippen molar-refractivity contribution in [3.8, 4) is 11.5 Å². The number of carbonyl (C=O) groups excluding carboxylic acids is 1. The molecule has 5 nitrogen and oxygen atoms in total. The molecule has 172 valence electrons. The number of aryl methyl sites for hydroxylation is 1.